The third-order valence-corrected chi connectivity index (χ3v) is 3.85. The molecule has 0 aromatic rings. The van der Waals surface area contributed by atoms with Crippen LogP contribution in [-0.4, -0.2) is 55.1 Å². The smallest absolute Gasteiger partial charge is 0.0220 e. The van der Waals surface area contributed by atoms with Gasteiger partial charge in [-0.05, 0) is 39.3 Å². The van der Waals surface area contributed by atoms with E-state index in [1.54, 1.807) is 0 Å². The Hall–Kier alpha value is -0.120. The van der Waals surface area contributed by atoms with Gasteiger partial charge in [0, 0.05) is 31.7 Å². The van der Waals surface area contributed by atoms with Gasteiger partial charge in [0.1, 0.15) is 0 Å². The van der Waals surface area contributed by atoms with Gasteiger partial charge in [-0.3, -0.25) is 4.90 Å². The molecule has 0 aromatic heterocycles. The largest absolute Gasteiger partial charge is 0.329 e. The Kier molecular flexibility index (Phi) is 4.00. The maximum absolute atomic E-state index is 5.68. The van der Waals surface area contributed by atoms with Crippen LogP contribution in [0.3, 0.4) is 0 Å². The predicted octanol–water partition coefficient (Wildman–Crippen LogP) is 0.894. The third-order valence-electron chi connectivity index (χ3n) is 3.85. The zero-order chi connectivity index (χ0) is 10.7. The van der Waals surface area contributed by atoms with Gasteiger partial charge in [0.25, 0.3) is 0 Å². The fourth-order valence-corrected chi connectivity index (χ4v) is 2.67. The first kappa shape index (κ1) is 11.4. The normalized spacial score (nSPS) is 28.6. The van der Waals surface area contributed by atoms with Crippen molar-refractivity contribution >= 4 is 0 Å². The van der Waals surface area contributed by atoms with E-state index in [-0.39, 0.29) is 0 Å². The van der Waals surface area contributed by atoms with Crippen molar-refractivity contribution < 1.29 is 0 Å². The Labute approximate surface area is 93.6 Å². The summed E-state index contributed by atoms with van der Waals surface area (Å²) in [6.45, 7) is 4.44. The molecule has 2 fully saturated rings. The van der Waals surface area contributed by atoms with Crippen LogP contribution >= 0.6 is 0 Å². The number of piperidine rings is 1. The van der Waals surface area contributed by atoms with Crippen molar-refractivity contribution in [2.24, 2.45) is 5.73 Å². The van der Waals surface area contributed by atoms with Crippen molar-refractivity contribution in [3.63, 3.8) is 0 Å². The molecule has 2 N–H and O–H groups in total. The Morgan fingerprint density at radius 3 is 2.67 bits per heavy atom. The van der Waals surface area contributed by atoms with Crippen LogP contribution < -0.4 is 5.73 Å². The molecule has 3 heteroatoms. The maximum Gasteiger partial charge on any atom is 0.0220 e. The van der Waals surface area contributed by atoms with Crippen LogP contribution in [0.2, 0.25) is 0 Å². The number of likely N-dealkylation sites (N-methyl/N-ethyl adjacent to an activating group) is 1. The summed E-state index contributed by atoms with van der Waals surface area (Å²) < 4.78 is 0. The maximum atomic E-state index is 5.68. The molecule has 1 saturated carbocycles. The van der Waals surface area contributed by atoms with Crippen LogP contribution in [0.4, 0.5) is 0 Å². The van der Waals surface area contributed by atoms with E-state index in [4.69, 9.17) is 5.73 Å². The monoisotopic (exact) mass is 211 g/mol. The molecule has 88 valence electrons. The molecule has 0 amide bonds. The Balaban J connectivity index is 1.81. The molecule has 1 aliphatic heterocycles. The molecule has 0 aromatic carbocycles. The summed E-state index contributed by atoms with van der Waals surface area (Å²) in [6, 6.07) is 1.65. The lowest BCUT2D eigenvalue weighted by Gasteiger charge is -2.36. The standard InChI is InChI=1S/C12H25N3/c1-14-8-3-2-4-12(14)10-15(9-7-13)11-5-6-11/h11-12H,2-10,13H2,1H3. The number of rotatable bonds is 5. The predicted molar refractivity (Wildman–Crippen MR) is 63.9 cm³/mol. The second-order valence-electron chi connectivity index (χ2n) is 5.14. The number of hydrogen-bond acceptors (Lipinski definition) is 3. The number of nitrogens with two attached hydrogens (primary N) is 1. The molecule has 1 heterocycles. The SMILES string of the molecule is CN1CCCCC1CN(CCN)C1CC1. The summed E-state index contributed by atoms with van der Waals surface area (Å²) in [5.41, 5.74) is 5.68. The van der Waals surface area contributed by atoms with Crippen molar-refractivity contribution in [1.82, 2.24) is 9.80 Å². The first-order valence-electron chi connectivity index (χ1n) is 6.45. The highest BCUT2D eigenvalue weighted by atomic mass is 15.2. The molecule has 1 atom stereocenters. The van der Waals surface area contributed by atoms with E-state index in [1.807, 2.05) is 0 Å². The summed E-state index contributed by atoms with van der Waals surface area (Å²) in [6.07, 6.45) is 6.97. The topological polar surface area (TPSA) is 32.5 Å². The highest BCUT2D eigenvalue weighted by molar-refractivity contribution is 4.88. The fraction of sp³-hybridized carbons (Fsp3) is 1.00. The van der Waals surface area contributed by atoms with E-state index >= 15 is 0 Å². The van der Waals surface area contributed by atoms with E-state index in [1.165, 1.54) is 45.2 Å². The van der Waals surface area contributed by atoms with E-state index in [0.717, 1.165) is 25.2 Å². The Morgan fingerprint density at radius 1 is 1.27 bits per heavy atom. The first-order valence-corrected chi connectivity index (χ1v) is 6.45. The van der Waals surface area contributed by atoms with E-state index in [9.17, 15) is 0 Å². The van der Waals surface area contributed by atoms with Crippen LogP contribution in [0.15, 0.2) is 0 Å². The fourth-order valence-electron chi connectivity index (χ4n) is 2.67. The molecular formula is C12H25N3. The van der Waals surface area contributed by atoms with Gasteiger partial charge < -0.3 is 10.6 Å². The lowest BCUT2D eigenvalue weighted by Crippen LogP contribution is -2.46. The van der Waals surface area contributed by atoms with Gasteiger partial charge in [0.15, 0.2) is 0 Å². The molecule has 1 saturated heterocycles. The summed E-state index contributed by atoms with van der Waals surface area (Å²) in [5.74, 6) is 0. The summed E-state index contributed by atoms with van der Waals surface area (Å²) in [5, 5.41) is 0. The Bertz CT molecular complexity index is 189. The van der Waals surface area contributed by atoms with Crippen LogP contribution in [0, 0.1) is 0 Å². The van der Waals surface area contributed by atoms with Gasteiger partial charge >= 0.3 is 0 Å². The number of nitrogens with zero attached hydrogens (tertiary/aromatic N) is 2. The van der Waals surface area contributed by atoms with Crippen molar-refractivity contribution in [2.75, 3.05) is 33.2 Å². The van der Waals surface area contributed by atoms with Crippen LogP contribution in [0.1, 0.15) is 32.1 Å². The minimum Gasteiger partial charge on any atom is -0.329 e. The van der Waals surface area contributed by atoms with Gasteiger partial charge in [-0.2, -0.15) is 0 Å². The molecule has 1 aliphatic carbocycles. The van der Waals surface area contributed by atoms with E-state index in [2.05, 4.69) is 16.8 Å². The molecule has 0 bridgehead atoms. The van der Waals surface area contributed by atoms with Crippen LogP contribution in [0.25, 0.3) is 0 Å². The first-order chi connectivity index (χ1) is 7.31. The lowest BCUT2D eigenvalue weighted by atomic mass is 10.0. The van der Waals surface area contributed by atoms with Crippen molar-refractivity contribution in [2.45, 2.75) is 44.2 Å². The lowest BCUT2D eigenvalue weighted by molar-refractivity contribution is 0.126. The van der Waals surface area contributed by atoms with Gasteiger partial charge in [0.05, 0.1) is 0 Å². The minimum atomic E-state index is 0.783. The molecule has 2 rings (SSSR count). The molecular weight excluding hydrogens is 186 g/mol. The second-order valence-corrected chi connectivity index (χ2v) is 5.14. The Morgan fingerprint density at radius 2 is 2.07 bits per heavy atom. The highest BCUT2D eigenvalue weighted by Crippen LogP contribution is 2.28. The molecule has 3 nitrogen and oxygen atoms in total. The molecule has 0 radical (unpaired) electrons. The average molecular weight is 211 g/mol. The summed E-state index contributed by atoms with van der Waals surface area (Å²) in [4.78, 5) is 5.15. The quantitative estimate of drug-likeness (QED) is 0.733. The molecule has 2 aliphatic rings. The van der Waals surface area contributed by atoms with Crippen LogP contribution in [0.5, 0.6) is 0 Å². The third kappa shape index (κ3) is 3.16. The zero-order valence-corrected chi connectivity index (χ0v) is 9.99. The summed E-state index contributed by atoms with van der Waals surface area (Å²) >= 11 is 0. The minimum absolute atomic E-state index is 0.783. The zero-order valence-electron chi connectivity index (χ0n) is 9.99. The van der Waals surface area contributed by atoms with E-state index < -0.39 is 0 Å². The van der Waals surface area contributed by atoms with Crippen molar-refractivity contribution in [1.29, 1.82) is 0 Å². The van der Waals surface area contributed by atoms with Gasteiger partial charge in [-0.1, -0.05) is 6.42 Å². The molecule has 0 spiro atoms. The van der Waals surface area contributed by atoms with E-state index in [0.29, 0.717) is 0 Å². The second kappa shape index (κ2) is 5.28. The van der Waals surface area contributed by atoms with Crippen molar-refractivity contribution in [3.05, 3.63) is 0 Å². The van der Waals surface area contributed by atoms with Gasteiger partial charge in [-0.25, -0.2) is 0 Å². The summed E-state index contributed by atoms with van der Waals surface area (Å²) in [7, 11) is 2.28. The van der Waals surface area contributed by atoms with Gasteiger partial charge in [-0.15, -0.1) is 0 Å². The van der Waals surface area contributed by atoms with Gasteiger partial charge in [0.2, 0.25) is 0 Å². The molecule has 15 heavy (non-hydrogen) atoms. The highest BCUT2D eigenvalue weighted by Gasteiger charge is 2.31. The van der Waals surface area contributed by atoms with Crippen LogP contribution in [-0.2, 0) is 0 Å². The number of hydrogen-bond donors (Lipinski definition) is 1. The average Bonchev–Trinajstić information content (AvgIpc) is 3.04. The number of likely N-dealkylation sites (tertiary alicyclic amines) is 1. The molecule has 1 unspecified atom stereocenters. The van der Waals surface area contributed by atoms with Crippen molar-refractivity contribution in [3.8, 4) is 0 Å².